The first kappa shape index (κ1) is 30.0. The lowest BCUT2D eigenvalue weighted by Crippen LogP contribution is -2.18. The highest BCUT2D eigenvalue weighted by molar-refractivity contribution is 5.65. The zero-order chi connectivity index (χ0) is 29.4. The molecule has 12 heteroatoms. The maximum atomic E-state index is 11.4. The number of hydrogen-bond acceptors (Lipinski definition) is 10. The standard InChI is InChI=1S/C28H32N6O6/c1-17(2)23(18(3)4)12-19-6-8-21(9-7-19)29-32-26-13-20(16-35)25(15-28(26)40-5)31-30-24-11-10-22(33(36)37)14-27(24)34(38)39/h6-11,13-15,17-18,23,35H,12,16H2,1-5H3. The van der Waals surface area contributed by atoms with E-state index in [0.717, 1.165) is 24.6 Å². The maximum absolute atomic E-state index is 11.4. The summed E-state index contributed by atoms with van der Waals surface area (Å²) in [6.07, 6.45) is 0.986. The van der Waals surface area contributed by atoms with Crippen molar-refractivity contribution in [1.82, 2.24) is 0 Å². The number of methoxy groups -OCH3 is 1. The van der Waals surface area contributed by atoms with Crippen LogP contribution in [0.15, 0.2) is 75.1 Å². The lowest BCUT2D eigenvalue weighted by molar-refractivity contribution is -0.393. The van der Waals surface area contributed by atoms with Crippen LogP contribution in [-0.4, -0.2) is 22.1 Å². The second kappa shape index (κ2) is 13.5. The van der Waals surface area contributed by atoms with Crippen LogP contribution in [0.1, 0.15) is 38.8 Å². The smallest absolute Gasteiger partial charge is 0.303 e. The molecule has 40 heavy (non-hydrogen) atoms. The molecule has 0 heterocycles. The van der Waals surface area contributed by atoms with E-state index in [1.165, 1.54) is 24.8 Å². The Labute approximate surface area is 231 Å². The number of benzene rings is 3. The molecule has 0 atom stereocenters. The first-order chi connectivity index (χ1) is 19.0. The van der Waals surface area contributed by atoms with Crippen LogP contribution in [0.5, 0.6) is 5.75 Å². The van der Waals surface area contributed by atoms with Gasteiger partial charge in [-0.15, -0.1) is 15.3 Å². The summed E-state index contributed by atoms with van der Waals surface area (Å²) in [6, 6.07) is 13.9. The molecule has 0 amide bonds. The summed E-state index contributed by atoms with van der Waals surface area (Å²) in [6.45, 7) is 8.55. The molecule has 12 nitrogen and oxygen atoms in total. The second-order valence-electron chi connectivity index (χ2n) is 9.92. The lowest BCUT2D eigenvalue weighted by Gasteiger charge is -2.24. The Hall–Kier alpha value is -4.58. The monoisotopic (exact) mass is 548 g/mol. The average molecular weight is 549 g/mol. The van der Waals surface area contributed by atoms with Crippen LogP contribution in [0, 0.1) is 38.0 Å². The van der Waals surface area contributed by atoms with Crippen molar-refractivity contribution < 1.29 is 19.7 Å². The van der Waals surface area contributed by atoms with E-state index in [1.54, 1.807) is 0 Å². The summed E-state index contributed by atoms with van der Waals surface area (Å²) in [5, 5.41) is 48.8. The van der Waals surface area contributed by atoms with E-state index in [0.29, 0.717) is 40.4 Å². The van der Waals surface area contributed by atoms with Gasteiger partial charge in [0.2, 0.25) is 0 Å². The highest BCUT2D eigenvalue weighted by Gasteiger charge is 2.20. The molecule has 3 aromatic rings. The number of non-ortho nitro benzene ring substituents is 1. The molecule has 0 aliphatic heterocycles. The largest absolute Gasteiger partial charge is 0.494 e. The van der Waals surface area contributed by atoms with Crippen molar-refractivity contribution in [2.75, 3.05) is 7.11 Å². The minimum Gasteiger partial charge on any atom is -0.494 e. The molecule has 0 bridgehead atoms. The fourth-order valence-electron chi connectivity index (χ4n) is 4.35. The van der Waals surface area contributed by atoms with Gasteiger partial charge >= 0.3 is 5.69 Å². The Morgan fingerprint density at radius 2 is 1.43 bits per heavy atom. The van der Waals surface area contributed by atoms with Crippen molar-refractivity contribution in [3.63, 3.8) is 0 Å². The molecule has 0 aliphatic carbocycles. The van der Waals surface area contributed by atoms with Crippen molar-refractivity contribution >= 4 is 34.1 Å². The third-order valence-electron chi connectivity index (χ3n) is 6.58. The third kappa shape index (κ3) is 7.50. The zero-order valence-electron chi connectivity index (χ0n) is 23.0. The van der Waals surface area contributed by atoms with Crippen molar-refractivity contribution in [2.24, 2.45) is 38.2 Å². The first-order valence-corrected chi connectivity index (χ1v) is 12.7. The van der Waals surface area contributed by atoms with Crippen LogP contribution in [0.4, 0.5) is 34.1 Å². The number of hydrogen-bond donors (Lipinski definition) is 1. The molecule has 0 fully saturated rings. The Morgan fingerprint density at radius 3 is 1.98 bits per heavy atom. The van der Waals surface area contributed by atoms with E-state index < -0.39 is 27.8 Å². The number of nitro benzene ring substituents is 2. The normalized spacial score (nSPS) is 11.8. The molecule has 0 aromatic heterocycles. The number of rotatable bonds is 12. The molecule has 0 saturated heterocycles. The highest BCUT2D eigenvalue weighted by Crippen LogP contribution is 2.38. The topological polar surface area (TPSA) is 165 Å². The molecule has 0 radical (unpaired) electrons. The number of nitro groups is 2. The van der Waals surface area contributed by atoms with Gasteiger partial charge in [0.15, 0.2) is 5.69 Å². The van der Waals surface area contributed by atoms with Crippen LogP contribution < -0.4 is 4.74 Å². The number of aliphatic hydroxyl groups excluding tert-OH is 1. The molecular weight excluding hydrogens is 516 g/mol. The summed E-state index contributed by atoms with van der Waals surface area (Å²) >= 11 is 0. The second-order valence-corrected chi connectivity index (χ2v) is 9.92. The molecule has 210 valence electrons. The summed E-state index contributed by atoms with van der Waals surface area (Å²) < 4.78 is 5.42. The van der Waals surface area contributed by atoms with Gasteiger partial charge in [-0.1, -0.05) is 39.8 Å². The van der Waals surface area contributed by atoms with Gasteiger partial charge in [0, 0.05) is 17.7 Å². The fourth-order valence-corrected chi connectivity index (χ4v) is 4.35. The van der Waals surface area contributed by atoms with Gasteiger partial charge in [-0.05, 0) is 54.0 Å². The van der Waals surface area contributed by atoms with E-state index >= 15 is 0 Å². The van der Waals surface area contributed by atoms with E-state index in [9.17, 15) is 25.3 Å². The SMILES string of the molecule is COc1cc(N=Nc2ccc([N+](=O)[O-])cc2[N+](=O)[O-])c(CO)cc1N=Nc1ccc(CC(C(C)C)C(C)C)cc1. The van der Waals surface area contributed by atoms with Gasteiger partial charge in [-0.3, -0.25) is 20.2 Å². The molecule has 0 unspecified atom stereocenters. The average Bonchev–Trinajstić information content (AvgIpc) is 2.93. The van der Waals surface area contributed by atoms with Crippen molar-refractivity contribution in [3.8, 4) is 5.75 Å². The van der Waals surface area contributed by atoms with Crippen molar-refractivity contribution in [2.45, 2.75) is 40.7 Å². The number of aliphatic hydroxyl groups is 1. The lowest BCUT2D eigenvalue weighted by atomic mass is 9.81. The summed E-state index contributed by atoms with van der Waals surface area (Å²) in [7, 11) is 1.43. The number of azo groups is 2. The van der Waals surface area contributed by atoms with Gasteiger partial charge in [-0.25, -0.2) is 0 Å². The van der Waals surface area contributed by atoms with Crippen LogP contribution >= 0.6 is 0 Å². The Bertz CT molecular complexity index is 1410. The van der Waals surface area contributed by atoms with Crippen LogP contribution in [0.25, 0.3) is 0 Å². The molecule has 0 aliphatic rings. The van der Waals surface area contributed by atoms with Gasteiger partial charge in [0.25, 0.3) is 5.69 Å². The Morgan fingerprint density at radius 1 is 0.800 bits per heavy atom. The van der Waals surface area contributed by atoms with Crippen LogP contribution in [0.2, 0.25) is 0 Å². The number of nitrogens with zero attached hydrogens (tertiary/aromatic N) is 6. The Kier molecular flexibility index (Phi) is 10.1. The minimum absolute atomic E-state index is 0.181. The zero-order valence-corrected chi connectivity index (χ0v) is 23.0. The summed E-state index contributed by atoms with van der Waals surface area (Å²) in [4.78, 5) is 20.8. The molecule has 3 aromatic carbocycles. The van der Waals surface area contributed by atoms with Gasteiger partial charge in [-0.2, -0.15) is 5.11 Å². The van der Waals surface area contributed by atoms with Gasteiger partial charge < -0.3 is 9.84 Å². The number of ether oxygens (including phenoxy) is 1. The predicted octanol–water partition coefficient (Wildman–Crippen LogP) is 8.31. The molecule has 0 saturated carbocycles. The minimum atomic E-state index is -0.780. The first-order valence-electron chi connectivity index (χ1n) is 12.7. The highest BCUT2D eigenvalue weighted by atomic mass is 16.6. The third-order valence-corrected chi connectivity index (χ3v) is 6.58. The van der Waals surface area contributed by atoms with Crippen LogP contribution in [0.3, 0.4) is 0 Å². The van der Waals surface area contributed by atoms with E-state index in [2.05, 4.69) is 48.2 Å². The molecule has 0 spiro atoms. The van der Waals surface area contributed by atoms with Crippen molar-refractivity contribution in [3.05, 3.63) is 86.0 Å². The maximum Gasteiger partial charge on any atom is 0.303 e. The molecule has 1 N–H and O–H groups in total. The molecule has 3 rings (SSSR count). The van der Waals surface area contributed by atoms with E-state index in [1.807, 2.05) is 24.3 Å². The molecular formula is C28H32N6O6. The van der Waals surface area contributed by atoms with E-state index in [4.69, 9.17) is 4.74 Å². The van der Waals surface area contributed by atoms with Gasteiger partial charge in [0.05, 0.1) is 41.0 Å². The predicted molar refractivity (Wildman–Crippen MR) is 150 cm³/mol. The summed E-state index contributed by atoms with van der Waals surface area (Å²) in [5.74, 6) is 2.04. The quantitative estimate of drug-likeness (QED) is 0.136. The van der Waals surface area contributed by atoms with Crippen LogP contribution in [-0.2, 0) is 13.0 Å². The Balaban J connectivity index is 1.86. The summed E-state index contributed by atoms with van der Waals surface area (Å²) in [5.41, 5.74) is 1.53. The van der Waals surface area contributed by atoms with Crippen molar-refractivity contribution in [1.29, 1.82) is 0 Å². The van der Waals surface area contributed by atoms with E-state index in [-0.39, 0.29) is 11.4 Å². The van der Waals surface area contributed by atoms with Gasteiger partial charge in [0.1, 0.15) is 11.4 Å². The fraction of sp³-hybridized carbons (Fsp3) is 0.357.